The van der Waals surface area contributed by atoms with Crippen molar-refractivity contribution in [3.63, 3.8) is 0 Å². The molecular formula is C20H41O3P. The summed E-state index contributed by atoms with van der Waals surface area (Å²) in [6.45, 7) is 4.37. The number of hydrogen-bond acceptors (Lipinski definition) is 2. The molecule has 0 amide bonds. The second-order valence-electron chi connectivity index (χ2n) is 6.72. The number of unbranched alkanes of at least 4 members (excludes halogenated alkanes) is 12. The largest absolute Gasteiger partial charge is 0.327 e. The van der Waals surface area contributed by atoms with Crippen LogP contribution in [0.4, 0.5) is 0 Å². The highest BCUT2D eigenvalue weighted by atomic mass is 31.2. The van der Waals surface area contributed by atoms with Gasteiger partial charge in [-0.1, -0.05) is 83.8 Å². The van der Waals surface area contributed by atoms with E-state index in [-0.39, 0.29) is 6.16 Å². The molecule has 0 heterocycles. The Hall–Kier alpha value is -0.110. The minimum Gasteiger partial charge on any atom is -0.324 e. The van der Waals surface area contributed by atoms with Crippen molar-refractivity contribution in [2.24, 2.45) is 0 Å². The van der Waals surface area contributed by atoms with Crippen LogP contribution in [0.5, 0.6) is 0 Å². The molecule has 0 aromatic heterocycles. The normalized spacial score (nSPS) is 14.3. The molecule has 0 fully saturated rings. The topological polar surface area (TPSA) is 46.5 Å². The Morgan fingerprint density at radius 3 is 1.71 bits per heavy atom. The van der Waals surface area contributed by atoms with Gasteiger partial charge in [0.15, 0.2) is 0 Å². The van der Waals surface area contributed by atoms with Gasteiger partial charge < -0.3 is 9.42 Å². The second kappa shape index (κ2) is 17.7. The molecule has 0 saturated heterocycles. The third kappa shape index (κ3) is 18.2. The summed E-state index contributed by atoms with van der Waals surface area (Å²) in [5.74, 6) is 0. The van der Waals surface area contributed by atoms with E-state index in [0.29, 0.717) is 6.61 Å². The van der Waals surface area contributed by atoms with Crippen molar-refractivity contribution in [1.29, 1.82) is 0 Å². The molecular weight excluding hydrogens is 319 g/mol. The van der Waals surface area contributed by atoms with Gasteiger partial charge in [-0.05, 0) is 32.1 Å². The molecule has 0 aliphatic heterocycles. The van der Waals surface area contributed by atoms with Crippen molar-refractivity contribution >= 4 is 7.60 Å². The molecule has 0 rings (SSSR count). The monoisotopic (exact) mass is 360 g/mol. The Morgan fingerprint density at radius 2 is 1.21 bits per heavy atom. The van der Waals surface area contributed by atoms with Gasteiger partial charge in [0.05, 0.1) is 6.61 Å². The fourth-order valence-electron chi connectivity index (χ4n) is 2.65. The van der Waals surface area contributed by atoms with Gasteiger partial charge in [-0.15, -0.1) is 0 Å². The molecule has 0 aliphatic carbocycles. The minimum atomic E-state index is -3.27. The van der Waals surface area contributed by atoms with Gasteiger partial charge in [-0.3, -0.25) is 4.57 Å². The SMILES string of the molecule is CCCCCCCC/C=C\CCCCCCCCOP(=O)(O)CC. The third-order valence-corrected chi connectivity index (χ3v) is 5.73. The summed E-state index contributed by atoms with van der Waals surface area (Å²) in [4.78, 5) is 9.28. The van der Waals surface area contributed by atoms with Gasteiger partial charge in [-0.2, -0.15) is 0 Å². The lowest BCUT2D eigenvalue weighted by molar-refractivity contribution is 0.253. The van der Waals surface area contributed by atoms with Crippen molar-refractivity contribution < 1.29 is 14.0 Å². The molecule has 0 bridgehead atoms. The summed E-state index contributed by atoms with van der Waals surface area (Å²) in [6.07, 6.45) is 22.7. The van der Waals surface area contributed by atoms with Crippen LogP contribution in [0.1, 0.15) is 104 Å². The predicted octanol–water partition coefficient (Wildman–Crippen LogP) is 7.25. The molecule has 24 heavy (non-hydrogen) atoms. The first-order valence-electron chi connectivity index (χ1n) is 10.2. The molecule has 3 nitrogen and oxygen atoms in total. The first-order valence-corrected chi connectivity index (χ1v) is 12.0. The fraction of sp³-hybridized carbons (Fsp3) is 0.900. The number of rotatable bonds is 18. The van der Waals surface area contributed by atoms with Crippen LogP contribution in [0.3, 0.4) is 0 Å². The van der Waals surface area contributed by atoms with Crippen LogP contribution >= 0.6 is 7.60 Å². The van der Waals surface area contributed by atoms with Crippen LogP contribution in [-0.4, -0.2) is 17.7 Å². The molecule has 0 radical (unpaired) electrons. The minimum absolute atomic E-state index is 0.208. The van der Waals surface area contributed by atoms with E-state index in [4.69, 9.17) is 4.52 Å². The van der Waals surface area contributed by atoms with Crippen LogP contribution in [-0.2, 0) is 9.09 Å². The summed E-state index contributed by atoms with van der Waals surface area (Å²) in [5, 5.41) is 0. The molecule has 0 aromatic rings. The highest BCUT2D eigenvalue weighted by Gasteiger charge is 2.14. The van der Waals surface area contributed by atoms with Gasteiger partial charge in [0.25, 0.3) is 0 Å². The van der Waals surface area contributed by atoms with Gasteiger partial charge in [-0.25, -0.2) is 0 Å². The van der Waals surface area contributed by atoms with Crippen molar-refractivity contribution in [2.75, 3.05) is 12.8 Å². The third-order valence-electron chi connectivity index (χ3n) is 4.35. The van der Waals surface area contributed by atoms with Gasteiger partial charge in [0.1, 0.15) is 0 Å². The van der Waals surface area contributed by atoms with Crippen molar-refractivity contribution in [3.8, 4) is 0 Å². The summed E-state index contributed by atoms with van der Waals surface area (Å²) in [7, 11) is -3.27. The van der Waals surface area contributed by atoms with Crippen LogP contribution in [0.15, 0.2) is 12.2 Å². The maximum atomic E-state index is 11.3. The van der Waals surface area contributed by atoms with Crippen LogP contribution in [0, 0.1) is 0 Å². The standard InChI is InChI=1S/C20H41O3P/c1-3-5-6-7-8-9-10-11-12-13-14-15-16-17-18-19-20-23-24(21,22)4-2/h11-12H,3-10,13-20H2,1-2H3,(H,21,22)/b12-11-. The molecule has 0 aliphatic rings. The molecule has 0 spiro atoms. The van der Waals surface area contributed by atoms with Gasteiger partial charge in [0.2, 0.25) is 0 Å². The molecule has 1 unspecified atom stereocenters. The molecule has 0 aromatic carbocycles. The maximum Gasteiger partial charge on any atom is 0.327 e. The lowest BCUT2D eigenvalue weighted by Crippen LogP contribution is -1.94. The summed E-state index contributed by atoms with van der Waals surface area (Å²) < 4.78 is 16.3. The lowest BCUT2D eigenvalue weighted by Gasteiger charge is -2.09. The predicted molar refractivity (Wildman–Crippen MR) is 106 cm³/mol. The van der Waals surface area contributed by atoms with E-state index in [1.807, 2.05) is 0 Å². The van der Waals surface area contributed by atoms with Gasteiger partial charge >= 0.3 is 7.60 Å². The molecule has 4 heteroatoms. The van der Waals surface area contributed by atoms with Crippen molar-refractivity contribution in [3.05, 3.63) is 12.2 Å². The summed E-state index contributed by atoms with van der Waals surface area (Å²) in [5.41, 5.74) is 0. The zero-order chi connectivity index (χ0) is 17.9. The van der Waals surface area contributed by atoms with Gasteiger partial charge in [0, 0.05) is 6.16 Å². The Labute approximate surface area is 150 Å². The highest BCUT2D eigenvalue weighted by Crippen LogP contribution is 2.41. The Morgan fingerprint density at radius 1 is 0.750 bits per heavy atom. The van der Waals surface area contributed by atoms with E-state index in [1.165, 1.54) is 77.0 Å². The number of allylic oxidation sites excluding steroid dienone is 2. The van der Waals surface area contributed by atoms with Crippen LogP contribution in [0.2, 0.25) is 0 Å². The molecule has 1 N–H and O–H groups in total. The zero-order valence-corrected chi connectivity index (χ0v) is 17.1. The summed E-state index contributed by atoms with van der Waals surface area (Å²) in [6, 6.07) is 0. The van der Waals surface area contributed by atoms with Crippen LogP contribution < -0.4 is 0 Å². The molecule has 1 atom stereocenters. The average molecular weight is 361 g/mol. The van der Waals surface area contributed by atoms with E-state index in [0.717, 1.165) is 12.8 Å². The Kier molecular flexibility index (Phi) is 17.6. The zero-order valence-electron chi connectivity index (χ0n) is 16.2. The Bertz CT molecular complexity index is 329. The van der Waals surface area contributed by atoms with E-state index in [2.05, 4.69) is 19.1 Å². The van der Waals surface area contributed by atoms with E-state index in [1.54, 1.807) is 6.92 Å². The average Bonchev–Trinajstić information content (AvgIpc) is 2.57. The molecule has 0 saturated carbocycles. The first-order chi connectivity index (χ1) is 11.6. The second-order valence-corrected chi connectivity index (χ2v) is 8.89. The summed E-state index contributed by atoms with van der Waals surface area (Å²) >= 11 is 0. The van der Waals surface area contributed by atoms with E-state index in [9.17, 15) is 9.46 Å². The quantitative estimate of drug-likeness (QED) is 0.159. The first kappa shape index (κ1) is 23.9. The highest BCUT2D eigenvalue weighted by molar-refractivity contribution is 7.52. The van der Waals surface area contributed by atoms with Crippen molar-refractivity contribution in [2.45, 2.75) is 104 Å². The fourth-order valence-corrected chi connectivity index (χ4v) is 3.25. The Balaban J connectivity index is 3.17. The number of hydrogen-bond donors (Lipinski definition) is 1. The van der Waals surface area contributed by atoms with E-state index >= 15 is 0 Å². The maximum absolute atomic E-state index is 11.3. The lowest BCUT2D eigenvalue weighted by atomic mass is 10.1. The van der Waals surface area contributed by atoms with Crippen LogP contribution in [0.25, 0.3) is 0 Å². The van der Waals surface area contributed by atoms with E-state index < -0.39 is 7.60 Å². The smallest absolute Gasteiger partial charge is 0.324 e. The van der Waals surface area contributed by atoms with Crippen molar-refractivity contribution in [1.82, 2.24) is 0 Å². The molecule has 144 valence electrons.